The van der Waals surface area contributed by atoms with Crippen LogP contribution in [0.3, 0.4) is 0 Å². The van der Waals surface area contributed by atoms with Crippen LogP contribution in [0.5, 0.6) is 5.75 Å². The Bertz CT molecular complexity index is 1160. The highest BCUT2D eigenvalue weighted by Gasteiger charge is 2.30. The first kappa shape index (κ1) is 24.6. The smallest absolute Gasteiger partial charge is 0.231 e. The van der Waals surface area contributed by atoms with Crippen LogP contribution in [0.2, 0.25) is 5.02 Å². The minimum Gasteiger partial charge on any atom is -0.494 e. The molecule has 0 spiro atoms. The molecule has 0 radical (unpaired) electrons. The van der Waals surface area contributed by atoms with E-state index >= 15 is 0 Å². The highest BCUT2D eigenvalue weighted by molar-refractivity contribution is 7.99. The Labute approximate surface area is 203 Å². The molecule has 1 N–H and O–H groups in total. The van der Waals surface area contributed by atoms with Gasteiger partial charge in [0.05, 0.1) is 18.4 Å². The van der Waals surface area contributed by atoms with Gasteiger partial charge in [0.2, 0.25) is 5.91 Å². The van der Waals surface area contributed by atoms with Gasteiger partial charge in [0.15, 0.2) is 11.0 Å². The second kappa shape index (κ2) is 10.7. The van der Waals surface area contributed by atoms with Crippen molar-refractivity contribution in [3.63, 3.8) is 0 Å². The lowest BCUT2D eigenvalue weighted by Crippen LogP contribution is -2.49. The van der Waals surface area contributed by atoms with E-state index in [1.165, 1.54) is 11.8 Å². The van der Waals surface area contributed by atoms with Crippen molar-refractivity contribution in [1.29, 1.82) is 5.26 Å². The maximum atomic E-state index is 12.6. The highest BCUT2D eigenvalue weighted by Crippen LogP contribution is 2.30. The fraction of sp³-hybridized carbons (Fsp3) is 0.333. The lowest BCUT2D eigenvalue weighted by Gasteiger charge is -2.27. The van der Waals surface area contributed by atoms with Crippen molar-refractivity contribution >= 4 is 29.3 Å². The fourth-order valence-electron chi connectivity index (χ4n) is 3.03. The van der Waals surface area contributed by atoms with Crippen LogP contribution in [0.4, 0.5) is 0 Å². The van der Waals surface area contributed by atoms with E-state index in [0.29, 0.717) is 22.6 Å². The van der Waals surface area contributed by atoms with E-state index in [9.17, 15) is 10.1 Å². The highest BCUT2D eigenvalue weighted by atomic mass is 35.5. The number of amides is 1. The van der Waals surface area contributed by atoms with Crippen LogP contribution in [-0.4, -0.2) is 38.6 Å². The van der Waals surface area contributed by atoms with Crippen molar-refractivity contribution in [2.75, 3.05) is 12.4 Å². The SMILES string of the molecule is CCOc1ccc(-n2c(SCC(=O)NC(C)(C#N)C(C)C)nnc2-c2cccc(Cl)c2)cc1. The third kappa shape index (κ3) is 5.86. The van der Waals surface area contributed by atoms with Crippen LogP contribution >= 0.6 is 23.4 Å². The topological polar surface area (TPSA) is 92.8 Å². The molecule has 0 bridgehead atoms. The molecular weight excluding hydrogens is 458 g/mol. The van der Waals surface area contributed by atoms with Gasteiger partial charge in [-0.15, -0.1) is 10.2 Å². The molecule has 1 aromatic heterocycles. The summed E-state index contributed by atoms with van der Waals surface area (Å²) < 4.78 is 7.43. The number of hydrogen-bond acceptors (Lipinski definition) is 6. The zero-order valence-corrected chi connectivity index (χ0v) is 20.6. The van der Waals surface area contributed by atoms with Crippen molar-refractivity contribution in [2.24, 2.45) is 5.92 Å². The van der Waals surface area contributed by atoms with Gasteiger partial charge in [0, 0.05) is 16.3 Å². The maximum absolute atomic E-state index is 12.6. The standard InChI is InChI=1S/C24H26ClN5O2S/c1-5-32-20-11-9-19(10-12-20)30-22(17-7-6-8-18(25)13-17)28-29-23(30)33-14-21(31)27-24(4,15-26)16(2)3/h6-13,16H,5,14H2,1-4H3,(H,27,31). The number of halogens is 1. The predicted octanol–water partition coefficient (Wildman–Crippen LogP) is 5.13. The van der Waals surface area contributed by atoms with Crippen LogP contribution < -0.4 is 10.1 Å². The molecule has 1 atom stereocenters. The zero-order valence-electron chi connectivity index (χ0n) is 19.0. The van der Waals surface area contributed by atoms with E-state index < -0.39 is 5.54 Å². The van der Waals surface area contributed by atoms with Crippen LogP contribution in [0.15, 0.2) is 53.7 Å². The Morgan fingerprint density at radius 1 is 1.27 bits per heavy atom. The predicted molar refractivity (Wildman–Crippen MR) is 131 cm³/mol. The van der Waals surface area contributed by atoms with Crippen LogP contribution in [0.25, 0.3) is 17.1 Å². The first-order chi connectivity index (χ1) is 15.8. The van der Waals surface area contributed by atoms with E-state index in [0.717, 1.165) is 17.0 Å². The van der Waals surface area contributed by atoms with Gasteiger partial charge < -0.3 is 10.1 Å². The molecule has 2 aromatic carbocycles. The Balaban J connectivity index is 1.92. The van der Waals surface area contributed by atoms with Gasteiger partial charge in [-0.1, -0.05) is 49.3 Å². The largest absolute Gasteiger partial charge is 0.494 e. The normalized spacial score (nSPS) is 12.8. The molecule has 0 saturated heterocycles. The molecular formula is C24H26ClN5O2S. The molecule has 1 unspecified atom stereocenters. The quantitative estimate of drug-likeness (QED) is 0.424. The zero-order chi connectivity index (χ0) is 24.0. The number of carbonyl (C=O) groups is 1. The summed E-state index contributed by atoms with van der Waals surface area (Å²) in [6, 6.07) is 17.1. The number of nitrogens with zero attached hydrogens (tertiary/aromatic N) is 4. The van der Waals surface area contributed by atoms with E-state index in [2.05, 4.69) is 21.6 Å². The average Bonchev–Trinajstić information content (AvgIpc) is 3.22. The number of benzene rings is 2. The Kier molecular flexibility index (Phi) is 8.01. The lowest BCUT2D eigenvalue weighted by molar-refractivity contribution is -0.120. The molecule has 0 aliphatic rings. The molecule has 3 aromatic rings. The maximum Gasteiger partial charge on any atom is 0.231 e. The summed E-state index contributed by atoms with van der Waals surface area (Å²) in [5, 5.41) is 22.2. The monoisotopic (exact) mass is 483 g/mol. The molecule has 0 aliphatic heterocycles. The van der Waals surface area contributed by atoms with Gasteiger partial charge in [-0.25, -0.2) is 0 Å². The Hall–Kier alpha value is -3.02. The summed E-state index contributed by atoms with van der Waals surface area (Å²) in [5.41, 5.74) is 0.689. The minimum absolute atomic E-state index is 0.0293. The van der Waals surface area contributed by atoms with Crippen molar-refractivity contribution < 1.29 is 9.53 Å². The number of carbonyl (C=O) groups excluding carboxylic acids is 1. The minimum atomic E-state index is -0.938. The molecule has 9 heteroatoms. The number of hydrogen-bond donors (Lipinski definition) is 1. The number of ether oxygens (including phenoxy) is 1. The number of rotatable bonds is 9. The van der Waals surface area contributed by atoms with Crippen molar-refractivity contribution in [3.8, 4) is 28.9 Å². The molecule has 3 rings (SSSR count). The Morgan fingerprint density at radius 3 is 2.61 bits per heavy atom. The summed E-state index contributed by atoms with van der Waals surface area (Å²) in [7, 11) is 0. The number of nitrogens with one attached hydrogen (secondary N) is 1. The summed E-state index contributed by atoms with van der Waals surface area (Å²) >= 11 is 7.45. The van der Waals surface area contributed by atoms with Gasteiger partial charge in [-0.3, -0.25) is 9.36 Å². The molecule has 33 heavy (non-hydrogen) atoms. The average molecular weight is 484 g/mol. The molecule has 0 fully saturated rings. The number of nitriles is 1. The van der Waals surface area contributed by atoms with Gasteiger partial charge in [0.1, 0.15) is 11.3 Å². The van der Waals surface area contributed by atoms with Gasteiger partial charge in [0.25, 0.3) is 0 Å². The Morgan fingerprint density at radius 2 is 2.00 bits per heavy atom. The summed E-state index contributed by atoms with van der Waals surface area (Å²) in [6.07, 6.45) is 0. The van der Waals surface area contributed by atoms with Gasteiger partial charge >= 0.3 is 0 Å². The first-order valence-corrected chi connectivity index (χ1v) is 11.9. The third-order valence-electron chi connectivity index (χ3n) is 5.24. The molecule has 1 amide bonds. The third-order valence-corrected chi connectivity index (χ3v) is 6.40. The van der Waals surface area contributed by atoms with Gasteiger partial charge in [-0.05, 0) is 56.2 Å². The first-order valence-electron chi connectivity index (χ1n) is 10.6. The molecule has 0 aliphatic carbocycles. The van der Waals surface area contributed by atoms with Crippen LogP contribution in [0, 0.1) is 17.2 Å². The number of aromatic nitrogens is 3. The molecule has 1 heterocycles. The van der Waals surface area contributed by atoms with Crippen molar-refractivity contribution in [2.45, 2.75) is 38.4 Å². The summed E-state index contributed by atoms with van der Waals surface area (Å²) in [5.74, 6) is 1.18. The van der Waals surface area contributed by atoms with E-state index in [1.54, 1.807) is 13.0 Å². The van der Waals surface area contributed by atoms with Crippen LogP contribution in [0.1, 0.15) is 27.7 Å². The van der Waals surface area contributed by atoms with Crippen LogP contribution in [-0.2, 0) is 4.79 Å². The fourth-order valence-corrected chi connectivity index (χ4v) is 3.97. The second-order valence-electron chi connectivity index (χ2n) is 7.88. The van der Waals surface area contributed by atoms with Crippen molar-refractivity contribution in [1.82, 2.24) is 20.1 Å². The summed E-state index contributed by atoms with van der Waals surface area (Å²) in [4.78, 5) is 12.6. The second-order valence-corrected chi connectivity index (χ2v) is 9.26. The molecule has 0 saturated carbocycles. The molecule has 172 valence electrons. The number of thioether (sulfide) groups is 1. The summed E-state index contributed by atoms with van der Waals surface area (Å²) in [6.45, 7) is 8.03. The van der Waals surface area contributed by atoms with E-state index in [1.807, 2.05) is 67.8 Å². The van der Waals surface area contributed by atoms with Gasteiger partial charge in [-0.2, -0.15) is 5.26 Å². The van der Waals surface area contributed by atoms with E-state index in [4.69, 9.17) is 16.3 Å². The lowest BCUT2D eigenvalue weighted by atomic mass is 9.90. The molecule has 7 nitrogen and oxygen atoms in total. The van der Waals surface area contributed by atoms with E-state index in [-0.39, 0.29) is 17.6 Å². The van der Waals surface area contributed by atoms with Crippen molar-refractivity contribution in [3.05, 3.63) is 53.6 Å².